The summed E-state index contributed by atoms with van der Waals surface area (Å²) in [5.41, 5.74) is 10.9. The molecule has 0 amide bonds. The fraction of sp³-hybridized carbons (Fsp3) is 0. The minimum Gasteiger partial charge on any atom is -0.405 e. The van der Waals surface area contributed by atoms with Crippen LogP contribution in [0.2, 0.25) is 0 Å². The van der Waals surface area contributed by atoms with Crippen LogP contribution in [0.5, 0.6) is 0 Å². The van der Waals surface area contributed by atoms with Crippen molar-refractivity contribution in [2.24, 2.45) is 11.5 Å². The Balaban J connectivity index is 3.06. The number of nitrogens with zero attached hydrogens (tertiary/aromatic N) is 2. The number of rotatable bonds is 2. The van der Waals surface area contributed by atoms with E-state index in [0.29, 0.717) is 5.70 Å². The van der Waals surface area contributed by atoms with Crippen LogP contribution < -0.4 is 11.5 Å². The van der Waals surface area contributed by atoms with Gasteiger partial charge in [-0.15, -0.1) is 0 Å². The van der Waals surface area contributed by atoms with Gasteiger partial charge in [-0.1, -0.05) is 0 Å². The van der Waals surface area contributed by atoms with Crippen LogP contribution in [0.1, 0.15) is 0 Å². The van der Waals surface area contributed by atoms with E-state index in [2.05, 4.69) is 21.0 Å². The van der Waals surface area contributed by atoms with E-state index in [4.69, 9.17) is 11.5 Å². The van der Waals surface area contributed by atoms with Crippen molar-refractivity contribution in [2.75, 3.05) is 0 Å². The summed E-state index contributed by atoms with van der Waals surface area (Å²) in [7, 11) is 0. The smallest absolute Gasteiger partial charge is 0.176 e. The van der Waals surface area contributed by atoms with E-state index in [1.54, 1.807) is 0 Å². The second-order valence-corrected chi connectivity index (χ2v) is 2.91. The van der Waals surface area contributed by atoms with Crippen molar-refractivity contribution < 1.29 is 4.39 Å². The zero-order valence-electron chi connectivity index (χ0n) is 6.61. The lowest BCUT2D eigenvalue weighted by Crippen LogP contribution is -1.98. The Kier molecular flexibility index (Phi) is 3.07. The second kappa shape index (κ2) is 4.08. The summed E-state index contributed by atoms with van der Waals surface area (Å²) in [6.45, 7) is 0. The van der Waals surface area contributed by atoms with Gasteiger partial charge in [0, 0.05) is 6.20 Å². The topological polar surface area (TPSA) is 69.9 Å². The lowest BCUT2D eigenvalue weighted by atomic mass is 10.4. The molecule has 70 valence electrons. The molecule has 4 N–H and O–H groups in total. The quantitative estimate of drug-likeness (QED) is 0.766. The van der Waals surface area contributed by atoms with Gasteiger partial charge in [0.1, 0.15) is 0 Å². The van der Waals surface area contributed by atoms with Crippen LogP contribution in [0.3, 0.4) is 0 Å². The van der Waals surface area contributed by atoms with Gasteiger partial charge < -0.3 is 11.5 Å². The predicted octanol–water partition coefficient (Wildman–Crippen LogP) is 1.01. The molecule has 0 aliphatic carbocycles. The minimum atomic E-state index is -0.454. The predicted molar refractivity (Wildman–Crippen MR) is 51.7 cm³/mol. The van der Waals surface area contributed by atoms with Crippen LogP contribution in [0, 0.1) is 5.82 Å². The third-order valence-corrected chi connectivity index (χ3v) is 1.87. The van der Waals surface area contributed by atoms with E-state index < -0.39 is 5.82 Å². The summed E-state index contributed by atoms with van der Waals surface area (Å²) in [4.78, 5) is 0. The van der Waals surface area contributed by atoms with Crippen LogP contribution in [0.15, 0.2) is 29.3 Å². The molecular formula is C7H8BrFN4. The second-order valence-electron chi connectivity index (χ2n) is 2.16. The van der Waals surface area contributed by atoms with Gasteiger partial charge in [-0.3, -0.25) is 0 Å². The molecular weight excluding hydrogens is 239 g/mol. The van der Waals surface area contributed by atoms with Crippen molar-refractivity contribution in [3.05, 3.63) is 35.1 Å². The summed E-state index contributed by atoms with van der Waals surface area (Å²) < 4.78 is 14.2. The Morgan fingerprint density at radius 2 is 2.31 bits per heavy atom. The molecule has 0 unspecified atom stereocenters. The van der Waals surface area contributed by atoms with Gasteiger partial charge in [0.15, 0.2) is 10.4 Å². The Bertz CT molecular complexity index is 336. The van der Waals surface area contributed by atoms with E-state index >= 15 is 0 Å². The summed E-state index contributed by atoms with van der Waals surface area (Å²) in [6.07, 6.45) is 5.29. The highest BCUT2D eigenvalue weighted by atomic mass is 79.9. The van der Waals surface area contributed by atoms with Crippen LogP contribution >= 0.6 is 15.9 Å². The van der Waals surface area contributed by atoms with E-state index in [1.807, 2.05) is 0 Å². The maximum atomic E-state index is 12.8. The third-order valence-electron chi connectivity index (χ3n) is 1.33. The molecule has 1 aromatic rings. The SMILES string of the molecule is N/C=C\C(=C/N)n1cc(F)c(Br)n1. The van der Waals surface area contributed by atoms with Crippen LogP contribution in [0.25, 0.3) is 5.70 Å². The van der Waals surface area contributed by atoms with Crippen LogP contribution in [-0.2, 0) is 0 Å². The highest BCUT2D eigenvalue weighted by Gasteiger charge is 2.06. The first-order valence-electron chi connectivity index (χ1n) is 3.40. The largest absolute Gasteiger partial charge is 0.405 e. The van der Waals surface area contributed by atoms with Crippen LogP contribution in [0.4, 0.5) is 4.39 Å². The van der Waals surface area contributed by atoms with E-state index in [1.165, 1.54) is 29.4 Å². The van der Waals surface area contributed by atoms with Crippen molar-refractivity contribution in [3.63, 3.8) is 0 Å². The number of nitrogens with two attached hydrogens (primary N) is 2. The van der Waals surface area contributed by atoms with Crippen LogP contribution in [-0.4, -0.2) is 9.78 Å². The molecule has 1 heterocycles. The third kappa shape index (κ3) is 2.09. The zero-order valence-corrected chi connectivity index (χ0v) is 8.20. The van der Waals surface area contributed by atoms with E-state index in [9.17, 15) is 4.39 Å². The summed E-state index contributed by atoms with van der Waals surface area (Å²) in [5.74, 6) is -0.454. The number of halogens is 2. The Hall–Kier alpha value is -1.30. The van der Waals surface area contributed by atoms with Gasteiger partial charge >= 0.3 is 0 Å². The first-order chi connectivity index (χ1) is 6.19. The lowest BCUT2D eigenvalue weighted by molar-refractivity contribution is 0.621. The fourth-order valence-electron chi connectivity index (χ4n) is 0.771. The minimum absolute atomic E-state index is 0.136. The molecule has 0 aliphatic heterocycles. The molecule has 13 heavy (non-hydrogen) atoms. The van der Waals surface area contributed by atoms with E-state index in [-0.39, 0.29) is 4.60 Å². The van der Waals surface area contributed by atoms with Crippen molar-refractivity contribution in [2.45, 2.75) is 0 Å². The standard InChI is InChI=1S/C7H8BrFN4/c8-7-6(9)4-13(12-7)5(3-11)1-2-10/h1-4H,10-11H2/b2-1-,5-3+. The maximum absolute atomic E-state index is 12.8. The monoisotopic (exact) mass is 246 g/mol. The number of aromatic nitrogens is 2. The molecule has 0 radical (unpaired) electrons. The molecule has 0 bridgehead atoms. The molecule has 4 nitrogen and oxygen atoms in total. The molecule has 0 fully saturated rings. The molecule has 6 heteroatoms. The van der Waals surface area contributed by atoms with Gasteiger partial charge in [-0.25, -0.2) is 9.07 Å². The first-order valence-corrected chi connectivity index (χ1v) is 4.19. The summed E-state index contributed by atoms with van der Waals surface area (Å²) >= 11 is 2.93. The van der Waals surface area contributed by atoms with Gasteiger partial charge in [0.25, 0.3) is 0 Å². The Morgan fingerprint density at radius 3 is 2.69 bits per heavy atom. The lowest BCUT2D eigenvalue weighted by Gasteiger charge is -1.98. The fourth-order valence-corrected chi connectivity index (χ4v) is 1.04. The average Bonchev–Trinajstić information content (AvgIpc) is 2.43. The van der Waals surface area contributed by atoms with Gasteiger partial charge in [-0.05, 0) is 28.2 Å². The van der Waals surface area contributed by atoms with Crippen molar-refractivity contribution >= 4 is 21.6 Å². The van der Waals surface area contributed by atoms with Gasteiger partial charge in [0.2, 0.25) is 0 Å². The molecule has 0 saturated heterocycles. The highest BCUT2D eigenvalue weighted by molar-refractivity contribution is 9.10. The molecule has 0 atom stereocenters. The molecule has 1 rings (SSSR count). The molecule has 0 aliphatic rings. The van der Waals surface area contributed by atoms with Gasteiger partial charge in [-0.2, -0.15) is 5.10 Å². The van der Waals surface area contributed by atoms with Crippen molar-refractivity contribution in [1.29, 1.82) is 0 Å². The Labute approximate surface area is 82.8 Å². The molecule has 0 spiro atoms. The van der Waals surface area contributed by atoms with Crippen molar-refractivity contribution in [3.8, 4) is 0 Å². The number of allylic oxidation sites excluding steroid dienone is 2. The highest BCUT2D eigenvalue weighted by Crippen LogP contribution is 2.14. The summed E-state index contributed by atoms with van der Waals surface area (Å²) in [5, 5.41) is 3.80. The van der Waals surface area contributed by atoms with E-state index in [0.717, 1.165) is 0 Å². The van der Waals surface area contributed by atoms with Gasteiger partial charge in [0.05, 0.1) is 11.9 Å². The zero-order chi connectivity index (χ0) is 9.84. The number of hydrogen-bond donors (Lipinski definition) is 2. The maximum Gasteiger partial charge on any atom is 0.176 e. The first kappa shape index (κ1) is 9.79. The normalized spacial score (nSPS) is 12.6. The van der Waals surface area contributed by atoms with Crippen molar-refractivity contribution in [1.82, 2.24) is 9.78 Å². The molecule has 1 aromatic heterocycles. The molecule has 0 saturated carbocycles. The Morgan fingerprint density at radius 1 is 1.62 bits per heavy atom. The molecule has 0 aromatic carbocycles. The average molecular weight is 247 g/mol. The number of hydrogen-bond acceptors (Lipinski definition) is 3. The summed E-state index contributed by atoms with van der Waals surface area (Å²) in [6, 6.07) is 0.